The van der Waals surface area contributed by atoms with Gasteiger partial charge in [0.2, 0.25) is 0 Å². The molecule has 0 aliphatic carbocycles. The van der Waals surface area contributed by atoms with Gasteiger partial charge in [-0.05, 0) is 13.0 Å². The molecule has 0 N–H and O–H groups in total. The monoisotopic (exact) mass is 202 g/mol. The Hall–Kier alpha value is -1.13. The number of ether oxygens (including phenoxy) is 1. The Morgan fingerprint density at radius 2 is 2.00 bits per heavy atom. The standard InChI is InChI=1S/C9H10BF3O/c1-2-14-8-4-3-6(10)5-7(8)9(11,12)13/h3-5H,2,10H2,1H3. The van der Waals surface area contributed by atoms with E-state index >= 15 is 0 Å². The van der Waals surface area contributed by atoms with Gasteiger partial charge >= 0.3 is 6.18 Å². The van der Waals surface area contributed by atoms with Crippen molar-refractivity contribution in [3.8, 4) is 5.75 Å². The Bertz CT molecular complexity index is 322. The molecule has 0 fully saturated rings. The normalized spacial score (nSPS) is 11.4. The van der Waals surface area contributed by atoms with Gasteiger partial charge in [-0.2, -0.15) is 13.2 Å². The fourth-order valence-electron chi connectivity index (χ4n) is 1.15. The molecule has 1 nitrogen and oxygen atoms in total. The molecule has 1 aromatic carbocycles. The SMILES string of the molecule is Bc1ccc(OCC)c(C(F)(F)F)c1. The van der Waals surface area contributed by atoms with Gasteiger partial charge in [0.15, 0.2) is 0 Å². The van der Waals surface area contributed by atoms with Gasteiger partial charge in [0.05, 0.1) is 12.2 Å². The van der Waals surface area contributed by atoms with Crippen LogP contribution in [0.1, 0.15) is 12.5 Å². The Balaban J connectivity index is 3.16. The first kappa shape index (κ1) is 11.0. The van der Waals surface area contributed by atoms with Crippen LogP contribution in [-0.2, 0) is 6.18 Å². The number of alkyl halides is 3. The van der Waals surface area contributed by atoms with Crippen LogP contribution in [0.2, 0.25) is 0 Å². The molecule has 0 saturated carbocycles. The minimum Gasteiger partial charge on any atom is -0.493 e. The molecular formula is C9H10BF3O. The summed E-state index contributed by atoms with van der Waals surface area (Å²) in [7, 11) is 1.62. The van der Waals surface area contributed by atoms with E-state index in [1.165, 1.54) is 6.07 Å². The largest absolute Gasteiger partial charge is 0.493 e. The van der Waals surface area contributed by atoms with E-state index < -0.39 is 11.7 Å². The van der Waals surface area contributed by atoms with Gasteiger partial charge in [-0.15, -0.1) is 0 Å². The van der Waals surface area contributed by atoms with Crippen molar-refractivity contribution in [2.24, 2.45) is 0 Å². The molecular weight excluding hydrogens is 192 g/mol. The van der Waals surface area contributed by atoms with Crippen molar-refractivity contribution < 1.29 is 17.9 Å². The summed E-state index contributed by atoms with van der Waals surface area (Å²) in [6.45, 7) is 1.88. The van der Waals surface area contributed by atoms with Gasteiger partial charge in [-0.3, -0.25) is 0 Å². The van der Waals surface area contributed by atoms with Crippen molar-refractivity contribution >= 4 is 13.3 Å². The Morgan fingerprint density at radius 3 is 2.50 bits per heavy atom. The lowest BCUT2D eigenvalue weighted by Crippen LogP contribution is -2.13. The molecule has 0 radical (unpaired) electrons. The number of hydrogen-bond donors (Lipinski definition) is 0. The smallest absolute Gasteiger partial charge is 0.419 e. The third kappa shape index (κ3) is 2.43. The molecule has 0 amide bonds. The zero-order valence-electron chi connectivity index (χ0n) is 7.98. The molecule has 0 bridgehead atoms. The highest BCUT2D eigenvalue weighted by Gasteiger charge is 2.34. The predicted octanol–water partition coefficient (Wildman–Crippen LogP) is 1.36. The molecule has 14 heavy (non-hydrogen) atoms. The summed E-state index contributed by atoms with van der Waals surface area (Å²) in [6.07, 6.45) is -4.35. The van der Waals surface area contributed by atoms with E-state index in [2.05, 4.69) is 0 Å². The van der Waals surface area contributed by atoms with Crippen molar-refractivity contribution in [1.82, 2.24) is 0 Å². The van der Waals surface area contributed by atoms with Crippen molar-refractivity contribution in [1.29, 1.82) is 0 Å². The van der Waals surface area contributed by atoms with Crippen LogP contribution in [0.4, 0.5) is 13.2 Å². The molecule has 1 rings (SSSR count). The van der Waals surface area contributed by atoms with Gasteiger partial charge in [0.25, 0.3) is 0 Å². The fraction of sp³-hybridized carbons (Fsp3) is 0.333. The number of benzene rings is 1. The van der Waals surface area contributed by atoms with Crippen molar-refractivity contribution in [3.63, 3.8) is 0 Å². The summed E-state index contributed by atoms with van der Waals surface area (Å²) in [6, 6.07) is 4.03. The van der Waals surface area contributed by atoms with E-state index in [-0.39, 0.29) is 12.4 Å². The van der Waals surface area contributed by atoms with E-state index in [4.69, 9.17) is 4.74 Å². The highest BCUT2D eigenvalue weighted by Crippen LogP contribution is 2.35. The van der Waals surface area contributed by atoms with E-state index in [1.54, 1.807) is 20.8 Å². The first-order valence-corrected chi connectivity index (χ1v) is 4.25. The molecule has 0 atom stereocenters. The van der Waals surface area contributed by atoms with E-state index in [0.717, 1.165) is 6.07 Å². The molecule has 5 heteroatoms. The molecule has 0 aliphatic heterocycles. The zero-order valence-corrected chi connectivity index (χ0v) is 7.98. The molecule has 0 aliphatic rings. The lowest BCUT2D eigenvalue weighted by Gasteiger charge is -2.13. The maximum atomic E-state index is 12.5. The Labute approximate surface area is 81.3 Å². The lowest BCUT2D eigenvalue weighted by atomic mass is 9.94. The average Bonchev–Trinajstić information content (AvgIpc) is 2.07. The van der Waals surface area contributed by atoms with Crippen LogP contribution >= 0.6 is 0 Å². The summed E-state index contributed by atoms with van der Waals surface area (Å²) in [5, 5.41) is 0. The maximum Gasteiger partial charge on any atom is 0.419 e. The van der Waals surface area contributed by atoms with Gasteiger partial charge in [-0.1, -0.05) is 17.6 Å². The Morgan fingerprint density at radius 1 is 1.36 bits per heavy atom. The van der Waals surface area contributed by atoms with E-state index in [1.807, 2.05) is 0 Å². The van der Waals surface area contributed by atoms with Crippen LogP contribution in [0.15, 0.2) is 18.2 Å². The number of hydrogen-bond acceptors (Lipinski definition) is 1. The lowest BCUT2D eigenvalue weighted by molar-refractivity contribution is -0.138. The van der Waals surface area contributed by atoms with Crippen LogP contribution in [0.25, 0.3) is 0 Å². The quantitative estimate of drug-likeness (QED) is 0.658. The summed E-state index contributed by atoms with van der Waals surface area (Å²) in [5.41, 5.74) is -0.139. The first-order valence-electron chi connectivity index (χ1n) is 4.25. The number of halogens is 3. The zero-order chi connectivity index (χ0) is 10.8. The summed E-state index contributed by atoms with van der Waals surface area (Å²) >= 11 is 0. The van der Waals surface area contributed by atoms with Gasteiger partial charge in [-0.25, -0.2) is 0 Å². The van der Waals surface area contributed by atoms with Gasteiger partial charge < -0.3 is 4.74 Å². The molecule has 0 saturated heterocycles. The van der Waals surface area contributed by atoms with Crippen LogP contribution in [0, 0.1) is 0 Å². The molecule has 76 valence electrons. The van der Waals surface area contributed by atoms with E-state index in [9.17, 15) is 13.2 Å². The van der Waals surface area contributed by atoms with E-state index in [0.29, 0.717) is 5.46 Å². The van der Waals surface area contributed by atoms with Crippen LogP contribution < -0.4 is 10.2 Å². The topological polar surface area (TPSA) is 9.23 Å². The van der Waals surface area contributed by atoms with Crippen molar-refractivity contribution in [3.05, 3.63) is 23.8 Å². The summed E-state index contributed by atoms with van der Waals surface area (Å²) in [4.78, 5) is 0. The molecule has 0 aromatic heterocycles. The van der Waals surface area contributed by atoms with Crippen LogP contribution in [0.5, 0.6) is 5.75 Å². The molecule has 1 aromatic rings. The second-order valence-corrected chi connectivity index (χ2v) is 2.93. The summed E-state index contributed by atoms with van der Waals surface area (Å²) < 4.78 is 42.3. The minimum atomic E-state index is -4.35. The molecule has 0 spiro atoms. The predicted molar refractivity (Wildman–Crippen MR) is 50.8 cm³/mol. The highest BCUT2D eigenvalue weighted by molar-refractivity contribution is 6.32. The second-order valence-electron chi connectivity index (χ2n) is 2.93. The maximum absolute atomic E-state index is 12.5. The summed E-state index contributed by atoms with van der Waals surface area (Å²) in [5.74, 6) is -0.106. The average molecular weight is 202 g/mol. The minimum absolute atomic E-state index is 0.106. The van der Waals surface area contributed by atoms with Gasteiger partial charge in [0, 0.05) is 0 Å². The number of rotatable bonds is 2. The van der Waals surface area contributed by atoms with Crippen molar-refractivity contribution in [2.45, 2.75) is 13.1 Å². The molecule has 0 heterocycles. The van der Waals surface area contributed by atoms with Crippen LogP contribution in [-0.4, -0.2) is 14.5 Å². The van der Waals surface area contributed by atoms with Gasteiger partial charge in [0.1, 0.15) is 13.6 Å². The third-order valence-corrected chi connectivity index (χ3v) is 1.74. The fourth-order valence-corrected chi connectivity index (χ4v) is 1.15. The first-order chi connectivity index (χ1) is 6.45. The van der Waals surface area contributed by atoms with Crippen molar-refractivity contribution in [2.75, 3.05) is 6.61 Å². The second kappa shape index (κ2) is 3.94. The molecule has 0 unspecified atom stereocenters. The Kier molecular flexibility index (Phi) is 3.08. The third-order valence-electron chi connectivity index (χ3n) is 1.74. The highest BCUT2D eigenvalue weighted by atomic mass is 19.4. The van der Waals surface area contributed by atoms with Crippen LogP contribution in [0.3, 0.4) is 0 Å².